The molecule has 7 heteroatoms. The van der Waals surface area contributed by atoms with E-state index in [1.165, 1.54) is 12.1 Å². The number of benzene rings is 1. The molecule has 1 atom stereocenters. The number of likely N-dealkylation sites (tertiary alicyclic amines) is 1. The van der Waals surface area contributed by atoms with Crippen LogP contribution in [0.25, 0.3) is 0 Å². The predicted molar refractivity (Wildman–Crippen MR) is 75.1 cm³/mol. The van der Waals surface area contributed by atoms with Crippen LogP contribution in [0.3, 0.4) is 0 Å². The van der Waals surface area contributed by atoms with Crippen LogP contribution in [0.15, 0.2) is 30.6 Å². The lowest BCUT2D eigenvalue weighted by Gasteiger charge is -2.16. The van der Waals surface area contributed by atoms with E-state index in [-0.39, 0.29) is 5.92 Å². The van der Waals surface area contributed by atoms with Gasteiger partial charge in [-0.05, 0) is 30.5 Å². The van der Waals surface area contributed by atoms with E-state index in [1.807, 2.05) is 11.6 Å². The molecule has 0 saturated carbocycles. The molecule has 1 aliphatic heterocycles. The zero-order chi connectivity index (χ0) is 15.7. The highest BCUT2D eigenvalue weighted by Crippen LogP contribution is 2.33. The van der Waals surface area contributed by atoms with E-state index >= 15 is 0 Å². The molecule has 0 N–H and O–H groups in total. The third-order valence-electron chi connectivity index (χ3n) is 4.13. The Balaban J connectivity index is 1.69. The summed E-state index contributed by atoms with van der Waals surface area (Å²) in [7, 11) is 1.88. The second-order valence-corrected chi connectivity index (χ2v) is 5.70. The Bertz CT molecular complexity index is 650. The Morgan fingerprint density at radius 2 is 2.14 bits per heavy atom. The molecule has 0 bridgehead atoms. The number of alkyl halides is 3. The highest BCUT2D eigenvalue weighted by molar-refractivity contribution is 5.29. The molecule has 1 aliphatic rings. The van der Waals surface area contributed by atoms with E-state index in [0.29, 0.717) is 6.54 Å². The third kappa shape index (κ3) is 3.14. The number of rotatable bonds is 3. The van der Waals surface area contributed by atoms with E-state index in [4.69, 9.17) is 0 Å². The van der Waals surface area contributed by atoms with Crippen molar-refractivity contribution in [2.45, 2.75) is 25.1 Å². The molecule has 0 amide bonds. The Labute approximate surface area is 126 Å². The number of hydrogen-bond donors (Lipinski definition) is 0. The lowest BCUT2D eigenvalue weighted by Crippen LogP contribution is -2.21. The standard InChI is InChI=1S/C15H17F3N4/c1-21-10-19-20-14(21)9-22-6-5-12(8-22)11-3-2-4-13(7-11)15(16,17)18/h2-4,7,10,12H,5-6,8-9H2,1H3/t12-/m0/s1. The molecular formula is C15H17F3N4. The van der Waals surface area contributed by atoms with Crippen LogP contribution in [0.1, 0.15) is 29.3 Å². The largest absolute Gasteiger partial charge is 0.416 e. The summed E-state index contributed by atoms with van der Waals surface area (Å²) in [6.45, 7) is 2.27. The monoisotopic (exact) mass is 310 g/mol. The summed E-state index contributed by atoms with van der Waals surface area (Å²) >= 11 is 0. The van der Waals surface area contributed by atoms with Gasteiger partial charge in [-0.15, -0.1) is 10.2 Å². The summed E-state index contributed by atoms with van der Waals surface area (Å²) in [6, 6.07) is 5.67. The van der Waals surface area contributed by atoms with Gasteiger partial charge in [0.1, 0.15) is 12.2 Å². The van der Waals surface area contributed by atoms with Crippen molar-refractivity contribution in [3.63, 3.8) is 0 Å². The summed E-state index contributed by atoms with van der Waals surface area (Å²) in [5.74, 6) is 1.00. The molecule has 0 spiro atoms. The van der Waals surface area contributed by atoms with E-state index in [1.54, 1.807) is 12.4 Å². The molecule has 2 heterocycles. The number of nitrogens with zero attached hydrogens (tertiary/aromatic N) is 4. The minimum Gasteiger partial charge on any atom is -0.320 e. The average Bonchev–Trinajstić information content (AvgIpc) is 3.09. The summed E-state index contributed by atoms with van der Waals surface area (Å²) in [4.78, 5) is 2.20. The molecular weight excluding hydrogens is 293 g/mol. The first-order valence-corrected chi connectivity index (χ1v) is 7.16. The molecule has 1 saturated heterocycles. The van der Waals surface area contributed by atoms with Gasteiger partial charge in [0.05, 0.1) is 12.1 Å². The van der Waals surface area contributed by atoms with Crippen LogP contribution >= 0.6 is 0 Å². The molecule has 1 fully saturated rings. The second kappa shape index (κ2) is 5.72. The molecule has 0 aliphatic carbocycles. The van der Waals surface area contributed by atoms with Crippen molar-refractivity contribution >= 4 is 0 Å². The maximum absolute atomic E-state index is 12.8. The molecule has 4 nitrogen and oxygen atoms in total. The fraction of sp³-hybridized carbons (Fsp3) is 0.467. The van der Waals surface area contributed by atoms with Crippen LogP contribution in [0.2, 0.25) is 0 Å². The van der Waals surface area contributed by atoms with Gasteiger partial charge >= 0.3 is 6.18 Å². The minimum atomic E-state index is -4.28. The quantitative estimate of drug-likeness (QED) is 0.874. The zero-order valence-corrected chi connectivity index (χ0v) is 12.2. The van der Waals surface area contributed by atoms with Crippen molar-refractivity contribution in [3.8, 4) is 0 Å². The van der Waals surface area contributed by atoms with Crippen LogP contribution in [-0.4, -0.2) is 32.8 Å². The lowest BCUT2D eigenvalue weighted by molar-refractivity contribution is -0.137. The molecule has 22 heavy (non-hydrogen) atoms. The highest BCUT2D eigenvalue weighted by Gasteiger charge is 2.32. The van der Waals surface area contributed by atoms with Crippen LogP contribution in [-0.2, 0) is 19.8 Å². The molecule has 2 aromatic rings. The van der Waals surface area contributed by atoms with Crippen LogP contribution in [0.4, 0.5) is 13.2 Å². The molecule has 0 radical (unpaired) electrons. The number of hydrogen-bond acceptors (Lipinski definition) is 3. The van der Waals surface area contributed by atoms with E-state index < -0.39 is 11.7 Å². The first-order chi connectivity index (χ1) is 10.4. The highest BCUT2D eigenvalue weighted by atomic mass is 19.4. The second-order valence-electron chi connectivity index (χ2n) is 5.70. The smallest absolute Gasteiger partial charge is 0.320 e. The van der Waals surface area contributed by atoms with Crippen molar-refractivity contribution in [1.29, 1.82) is 0 Å². The van der Waals surface area contributed by atoms with E-state index in [9.17, 15) is 13.2 Å². The van der Waals surface area contributed by atoms with Gasteiger partial charge in [0, 0.05) is 13.6 Å². The normalized spacial score (nSPS) is 19.7. The third-order valence-corrected chi connectivity index (χ3v) is 4.13. The molecule has 1 aromatic carbocycles. The minimum absolute atomic E-state index is 0.135. The van der Waals surface area contributed by atoms with Gasteiger partial charge in [0.2, 0.25) is 0 Å². The van der Waals surface area contributed by atoms with Crippen LogP contribution < -0.4 is 0 Å². The first-order valence-electron chi connectivity index (χ1n) is 7.16. The predicted octanol–water partition coefficient (Wildman–Crippen LogP) is 2.82. The topological polar surface area (TPSA) is 34.0 Å². The molecule has 0 unspecified atom stereocenters. The van der Waals surface area contributed by atoms with Crippen molar-refractivity contribution in [2.75, 3.05) is 13.1 Å². The number of aromatic nitrogens is 3. The van der Waals surface area contributed by atoms with Crippen molar-refractivity contribution in [3.05, 3.63) is 47.5 Å². The Hall–Kier alpha value is -1.89. The molecule has 3 rings (SSSR count). The van der Waals surface area contributed by atoms with Gasteiger partial charge in [0.15, 0.2) is 0 Å². The SMILES string of the molecule is Cn1cnnc1CN1CC[C@H](c2cccc(C(F)(F)F)c2)C1. The Morgan fingerprint density at radius 1 is 1.32 bits per heavy atom. The maximum atomic E-state index is 12.8. The Morgan fingerprint density at radius 3 is 2.82 bits per heavy atom. The van der Waals surface area contributed by atoms with Gasteiger partial charge < -0.3 is 4.57 Å². The number of aryl methyl sites for hydroxylation is 1. The average molecular weight is 310 g/mol. The first kappa shape index (κ1) is 15.0. The van der Waals surface area contributed by atoms with Gasteiger partial charge in [-0.1, -0.05) is 18.2 Å². The van der Waals surface area contributed by atoms with Crippen molar-refractivity contribution in [1.82, 2.24) is 19.7 Å². The van der Waals surface area contributed by atoms with Crippen LogP contribution in [0, 0.1) is 0 Å². The van der Waals surface area contributed by atoms with Crippen molar-refractivity contribution in [2.24, 2.45) is 7.05 Å². The van der Waals surface area contributed by atoms with Crippen molar-refractivity contribution < 1.29 is 13.2 Å². The van der Waals surface area contributed by atoms with E-state index in [2.05, 4.69) is 15.1 Å². The Kier molecular flexibility index (Phi) is 3.90. The summed E-state index contributed by atoms with van der Waals surface area (Å²) in [5.41, 5.74) is 0.187. The van der Waals surface area contributed by atoms with Gasteiger partial charge in [0.25, 0.3) is 0 Å². The summed E-state index contributed by atoms with van der Waals surface area (Å²) < 4.78 is 40.3. The maximum Gasteiger partial charge on any atom is 0.416 e. The van der Waals surface area contributed by atoms with Gasteiger partial charge in [-0.2, -0.15) is 13.2 Å². The molecule has 1 aromatic heterocycles. The van der Waals surface area contributed by atoms with Crippen LogP contribution in [0.5, 0.6) is 0 Å². The fourth-order valence-electron chi connectivity index (χ4n) is 2.87. The lowest BCUT2D eigenvalue weighted by atomic mass is 9.96. The number of halogens is 3. The zero-order valence-electron chi connectivity index (χ0n) is 12.2. The summed E-state index contributed by atoms with van der Waals surface area (Å²) in [6.07, 6.45) is -1.78. The van der Waals surface area contributed by atoms with Gasteiger partial charge in [-0.25, -0.2) is 0 Å². The summed E-state index contributed by atoms with van der Waals surface area (Å²) in [5, 5.41) is 7.89. The van der Waals surface area contributed by atoms with E-state index in [0.717, 1.165) is 37.0 Å². The fourth-order valence-corrected chi connectivity index (χ4v) is 2.87. The van der Waals surface area contributed by atoms with Gasteiger partial charge in [-0.3, -0.25) is 4.90 Å². The molecule has 118 valence electrons.